The monoisotopic (exact) mass is 245 g/mol. The van der Waals surface area contributed by atoms with Crippen LogP contribution in [0, 0.1) is 20.7 Å². The summed E-state index contributed by atoms with van der Waals surface area (Å²) in [5, 5.41) is 23.1. The van der Waals surface area contributed by atoms with E-state index in [-0.39, 0.29) is 0 Å². The van der Waals surface area contributed by atoms with Gasteiger partial charge in [0.2, 0.25) is 5.39 Å². The Balaban J connectivity index is 0.000000310. The molecule has 0 saturated heterocycles. The van der Waals surface area contributed by atoms with Crippen LogP contribution < -0.4 is 0 Å². The number of hydrogen-bond donors (Lipinski definition) is 0. The molecule has 1 aromatic carbocycles. The van der Waals surface area contributed by atoms with E-state index in [9.17, 15) is 0 Å². The van der Waals surface area contributed by atoms with Crippen molar-refractivity contribution in [2.24, 2.45) is 0 Å². The Labute approximate surface area is 81.7 Å². The van der Waals surface area contributed by atoms with Crippen LogP contribution in [0.2, 0.25) is 0 Å². The predicted octanol–water partition coefficient (Wildman–Crippen LogP) is 2.69. The lowest BCUT2D eigenvalue weighted by molar-refractivity contribution is -0.402. The number of diazo groups is 1. The molecule has 0 atom stereocenters. The molecular weight excluding hydrogens is 242 g/mol. The summed E-state index contributed by atoms with van der Waals surface area (Å²) in [7, 11) is 0. The third kappa shape index (κ3) is 5.57. The fourth-order valence-electron chi connectivity index (χ4n) is 0.533. The Morgan fingerprint density at radius 3 is 2.15 bits per heavy atom. The Hall–Kier alpha value is -1.68. The minimum Gasteiger partial charge on any atom is -0.356 e. The SMILES string of the molecule is N#[N+]c1ccccc1Br.O=[N+]([O-])[O-]. The minimum atomic E-state index is -1.75. The molecule has 0 saturated carbocycles. The largest absolute Gasteiger partial charge is 0.399 e. The van der Waals surface area contributed by atoms with Gasteiger partial charge >= 0.3 is 5.69 Å². The maximum absolute atomic E-state index is 8.31. The van der Waals surface area contributed by atoms with Crippen molar-refractivity contribution in [3.63, 3.8) is 0 Å². The minimum absolute atomic E-state index is 0.553. The van der Waals surface area contributed by atoms with Gasteiger partial charge in [-0.05, 0) is 22.0 Å². The topological polar surface area (TPSA) is 94.3 Å². The number of nitrogens with zero attached hydrogens (tertiary/aromatic N) is 3. The Bertz CT molecular complexity index is 332. The standard InChI is InChI=1S/C6H4BrN2.NO3/c7-5-3-1-2-4-6(5)9-8;2-1(3)4/h1-4H;/q+1;-1. The average Bonchev–Trinajstić information content (AvgIpc) is 2.04. The maximum atomic E-state index is 8.31. The van der Waals surface area contributed by atoms with Crippen LogP contribution in [-0.4, -0.2) is 5.09 Å². The van der Waals surface area contributed by atoms with E-state index in [0.29, 0.717) is 5.69 Å². The normalized spacial score (nSPS) is 7.69. The van der Waals surface area contributed by atoms with Gasteiger partial charge in [-0.3, -0.25) is 0 Å². The van der Waals surface area contributed by atoms with E-state index in [1.165, 1.54) is 0 Å². The lowest BCUT2D eigenvalue weighted by Crippen LogP contribution is -1.74. The van der Waals surface area contributed by atoms with E-state index in [2.05, 4.69) is 20.9 Å². The van der Waals surface area contributed by atoms with E-state index in [1.54, 1.807) is 12.1 Å². The molecule has 0 radical (unpaired) electrons. The van der Waals surface area contributed by atoms with E-state index in [1.807, 2.05) is 12.1 Å². The molecule has 0 aliphatic carbocycles. The van der Waals surface area contributed by atoms with Crippen molar-refractivity contribution in [3.05, 3.63) is 49.0 Å². The molecule has 0 fully saturated rings. The highest BCUT2D eigenvalue weighted by Crippen LogP contribution is 2.23. The van der Waals surface area contributed by atoms with E-state index >= 15 is 0 Å². The zero-order valence-corrected chi connectivity index (χ0v) is 7.84. The first-order chi connectivity index (χ1) is 6.07. The van der Waals surface area contributed by atoms with Crippen molar-refractivity contribution in [1.82, 2.24) is 0 Å². The Morgan fingerprint density at radius 1 is 1.38 bits per heavy atom. The lowest BCUT2D eigenvalue weighted by atomic mass is 10.3. The van der Waals surface area contributed by atoms with Crippen LogP contribution in [0.5, 0.6) is 0 Å². The van der Waals surface area contributed by atoms with Gasteiger partial charge in [0.05, 0.1) is 5.09 Å². The van der Waals surface area contributed by atoms with Gasteiger partial charge in [-0.2, -0.15) is 0 Å². The van der Waals surface area contributed by atoms with Crippen LogP contribution in [0.1, 0.15) is 0 Å². The summed E-state index contributed by atoms with van der Waals surface area (Å²) in [5.41, 5.74) is 0.553. The van der Waals surface area contributed by atoms with Crippen LogP contribution in [0.4, 0.5) is 5.69 Å². The molecule has 0 amide bonds. The van der Waals surface area contributed by atoms with Gasteiger partial charge in [-0.15, -0.1) is 0 Å². The second-order valence-electron chi connectivity index (χ2n) is 1.78. The fourth-order valence-corrected chi connectivity index (χ4v) is 0.897. The van der Waals surface area contributed by atoms with E-state index < -0.39 is 5.09 Å². The summed E-state index contributed by atoms with van der Waals surface area (Å²) in [6, 6.07) is 7.19. The quantitative estimate of drug-likeness (QED) is 0.399. The molecule has 0 aromatic heterocycles. The fraction of sp³-hybridized carbons (Fsp3) is 0. The van der Waals surface area contributed by atoms with Crippen molar-refractivity contribution < 1.29 is 5.09 Å². The van der Waals surface area contributed by atoms with Gasteiger partial charge in [0.25, 0.3) is 0 Å². The zero-order chi connectivity index (χ0) is 10.3. The van der Waals surface area contributed by atoms with Crippen molar-refractivity contribution in [3.8, 4) is 0 Å². The van der Waals surface area contributed by atoms with Crippen molar-refractivity contribution in [2.45, 2.75) is 0 Å². The molecule has 0 spiro atoms. The second kappa shape index (κ2) is 5.91. The van der Waals surface area contributed by atoms with Crippen molar-refractivity contribution in [1.29, 1.82) is 5.39 Å². The predicted molar refractivity (Wildman–Crippen MR) is 49.2 cm³/mol. The molecule has 6 nitrogen and oxygen atoms in total. The van der Waals surface area contributed by atoms with Crippen molar-refractivity contribution >= 4 is 21.6 Å². The van der Waals surface area contributed by atoms with Crippen molar-refractivity contribution in [2.75, 3.05) is 0 Å². The zero-order valence-electron chi connectivity index (χ0n) is 6.25. The molecule has 13 heavy (non-hydrogen) atoms. The summed E-state index contributed by atoms with van der Waals surface area (Å²) in [6.45, 7) is 0. The van der Waals surface area contributed by atoms with Crippen LogP contribution in [-0.2, 0) is 0 Å². The number of halogens is 1. The highest BCUT2D eigenvalue weighted by Gasteiger charge is 2.06. The molecule has 68 valence electrons. The molecule has 0 aliphatic heterocycles. The molecule has 0 aliphatic rings. The van der Waals surface area contributed by atoms with Crippen LogP contribution in [0.25, 0.3) is 4.98 Å². The highest BCUT2D eigenvalue weighted by molar-refractivity contribution is 9.10. The van der Waals surface area contributed by atoms with Gasteiger partial charge in [-0.25, -0.2) is 0 Å². The van der Waals surface area contributed by atoms with Gasteiger partial charge in [0.15, 0.2) is 4.98 Å². The molecule has 0 unspecified atom stereocenters. The molecular formula is C6H4BrN3O3. The summed E-state index contributed by atoms with van der Waals surface area (Å²) in [6.07, 6.45) is 0. The number of hydrogen-bond acceptors (Lipinski definition) is 4. The first-order valence-corrected chi connectivity index (χ1v) is 3.78. The lowest BCUT2D eigenvalue weighted by Gasteiger charge is -1.78. The molecule has 7 heteroatoms. The summed E-state index contributed by atoms with van der Waals surface area (Å²) >= 11 is 3.20. The first kappa shape index (κ1) is 11.3. The van der Waals surface area contributed by atoms with Gasteiger partial charge in [0, 0.05) is 6.07 Å². The first-order valence-electron chi connectivity index (χ1n) is 2.99. The highest BCUT2D eigenvalue weighted by atomic mass is 79.9. The van der Waals surface area contributed by atoms with Crippen LogP contribution in [0.3, 0.4) is 0 Å². The number of rotatable bonds is 0. The second-order valence-corrected chi connectivity index (χ2v) is 2.63. The summed E-state index contributed by atoms with van der Waals surface area (Å²) in [4.78, 5) is 11.3. The van der Waals surface area contributed by atoms with Gasteiger partial charge in [-0.1, -0.05) is 12.1 Å². The molecule has 0 heterocycles. The summed E-state index contributed by atoms with van der Waals surface area (Å²) < 4.78 is 0.799. The molecule has 0 bridgehead atoms. The third-order valence-corrected chi connectivity index (χ3v) is 1.63. The van der Waals surface area contributed by atoms with Crippen LogP contribution >= 0.6 is 15.9 Å². The number of benzene rings is 1. The summed E-state index contributed by atoms with van der Waals surface area (Å²) in [5.74, 6) is 0. The van der Waals surface area contributed by atoms with Gasteiger partial charge in [0.1, 0.15) is 4.47 Å². The molecule has 1 aromatic rings. The molecule has 1 rings (SSSR count). The van der Waals surface area contributed by atoms with Gasteiger partial charge < -0.3 is 15.3 Å². The maximum Gasteiger partial charge on any atom is 0.399 e. The Kier molecular flexibility index (Phi) is 5.14. The Morgan fingerprint density at radius 2 is 1.85 bits per heavy atom. The third-order valence-electron chi connectivity index (χ3n) is 0.960. The smallest absolute Gasteiger partial charge is 0.356 e. The van der Waals surface area contributed by atoms with E-state index in [0.717, 1.165) is 4.47 Å². The van der Waals surface area contributed by atoms with E-state index in [4.69, 9.17) is 20.7 Å². The molecule has 0 N–H and O–H groups in total. The van der Waals surface area contributed by atoms with Crippen LogP contribution in [0.15, 0.2) is 28.7 Å². The average molecular weight is 246 g/mol.